The molecule has 0 heterocycles. The first kappa shape index (κ1) is 18.0. The molecule has 0 bridgehead atoms. The van der Waals surface area contributed by atoms with Crippen molar-refractivity contribution in [2.75, 3.05) is 18.4 Å². The van der Waals surface area contributed by atoms with Gasteiger partial charge in [0, 0.05) is 29.8 Å². The number of benzene rings is 1. The van der Waals surface area contributed by atoms with E-state index in [1.807, 2.05) is 20.8 Å². The van der Waals surface area contributed by atoms with Gasteiger partial charge in [-0.25, -0.2) is 0 Å². The molecule has 1 aromatic carbocycles. The third-order valence-corrected chi connectivity index (χ3v) is 3.78. The number of hydrogen-bond donors (Lipinski definition) is 2. The number of anilines is 1. The van der Waals surface area contributed by atoms with Gasteiger partial charge in [0.15, 0.2) is 0 Å². The number of amides is 3. The third-order valence-electron chi connectivity index (χ3n) is 3.78. The van der Waals surface area contributed by atoms with Gasteiger partial charge in [-0.05, 0) is 51.8 Å². The molecule has 0 atom stereocenters. The van der Waals surface area contributed by atoms with Crippen molar-refractivity contribution >= 4 is 23.4 Å². The number of likely N-dealkylation sites (N-methyl/N-ethyl adjacent to an activating group) is 1. The number of hydrogen-bond acceptors (Lipinski definition) is 3. The lowest BCUT2D eigenvalue weighted by molar-refractivity contribution is -0.122. The Hall–Kier alpha value is -2.37. The van der Waals surface area contributed by atoms with Gasteiger partial charge in [0.1, 0.15) is 0 Å². The molecule has 6 nitrogen and oxygen atoms in total. The molecule has 0 radical (unpaired) electrons. The number of rotatable bonds is 7. The van der Waals surface area contributed by atoms with Gasteiger partial charge in [-0.1, -0.05) is 6.07 Å². The zero-order chi connectivity index (χ0) is 17.7. The van der Waals surface area contributed by atoms with E-state index in [9.17, 15) is 14.4 Å². The van der Waals surface area contributed by atoms with E-state index in [0.717, 1.165) is 12.8 Å². The second-order valence-electron chi connectivity index (χ2n) is 6.39. The largest absolute Gasteiger partial charge is 0.352 e. The fourth-order valence-corrected chi connectivity index (χ4v) is 2.37. The summed E-state index contributed by atoms with van der Waals surface area (Å²) in [4.78, 5) is 37.8. The molecule has 3 amide bonds. The van der Waals surface area contributed by atoms with Crippen molar-refractivity contribution in [1.29, 1.82) is 0 Å². The molecule has 0 aromatic heterocycles. The summed E-state index contributed by atoms with van der Waals surface area (Å²) in [6.07, 6.45) is 1.86. The fraction of sp³-hybridized carbons (Fsp3) is 0.500. The highest BCUT2D eigenvalue weighted by Gasteiger charge is 2.29. The molecule has 1 aliphatic carbocycles. The first-order valence-electron chi connectivity index (χ1n) is 8.40. The van der Waals surface area contributed by atoms with Crippen molar-refractivity contribution in [1.82, 2.24) is 10.2 Å². The fourth-order valence-electron chi connectivity index (χ4n) is 2.37. The van der Waals surface area contributed by atoms with Gasteiger partial charge >= 0.3 is 0 Å². The molecular formula is C18H25N3O3. The maximum atomic E-state index is 12.6. The molecule has 24 heavy (non-hydrogen) atoms. The van der Waals surface area contributed by atoms with Gasteiger partial charge in [-0.2, -0.15) is 0 Å². The molecule has 1 aromatic rings. The standard InChI is InChI=1S/C18H25N3O3/c1-4-21(11-16(22)19-12(2)3)18(24)14-6-5-7-15(10-14)20-17(23)13-8-9-13/h5-7,10,12-13H,4,8-9,11H2,1-3H3,(H,19,22)(H,20,23). The second-order valence-corrected chi connectivity index (χ2v) is 6.39. The minimum absolute atomic E-state index is 0.00302. The van der Waals surface area contributed by atoms with Crippen LogP contribution >= 0.6 is 0 Å². The highest BCUT2D eigenvalue weighted by Crippen LogP contribution is 2.30. The van der Waals surface area contributed by atoms with Crippen LogP contribution in [-0.4, -0.2) is 41.8 Å². The highest BCUT2D eigenvalue weighted by atomic mass is 16.2. The number of carbonyl (C=O) groups excluding carboxylic acids is 3. The summed E-state index contributed by atoms with van der Waals surface area (Å²) in [7, 11) is 0. The Morgan fingerprint density at radius 1 is 1.25 bits per heavy atom. The second kappa shape index (κ2) is 7.95. The summed E-state index contributed by atoms with van der Waals surface area (Å²) < 4.78 is 0. The lowest BCUT2D eigenvalue weighted by Crippen LogP contribution is -2.42. The monoisotopic (exact) mass is 331 g/mol. The lowest BCUT2D eigenvalue weighted by Gasteiger charge is -2.21. The van der Waals surface area contributed by atoms with Crippen molar-refractivity contribution in [3.63, 3.8) is 0 Å². The molecule has 1 fully saturated rings. The van der Waals surface area contributed by atoms with E-state index in [1.165, 1.54) is 4.90 Å². The molecular weight excluding hydrogens is 306 g/mol. The average Bonchev–Trinajstić information content (AvgIpc) is 3.36. The smallest absolute Gasteiger partial charge is 0.254 e. The summed E-state index contributed by atoms with van der Waals surface area (Å²) >= 11 is 0. The molecule has 0 unspecified atom stereocenters. The van der Waals surface area contributed by atoms with E-state index in [-0.39, 0.29) is 36.2 Å². The quantitative estimate of drug-likeness (QED) is 0.802. The molecule has 0 aliphatic heterocycles. The van der Waals surface area contributed by atoms with Crippen molar-refractivity contribution < 1.29 is 14.4 Å². The van der Waals surface area contributed by atoms with Crippen LogP contribution in [0, 0.1) is 5.92 Å². The molecule has 2 rings (SSSR count). The van der Waals surface area contributed by atoms with E-state index >= 15 is 0 Å². The topological polar surface area (TPSA) is 78.5 Å². The minimum atomic E-state index is -0.223. The summed E-state index contributed by atoms with van der Waals surface area (Å²) in [5.41, 5.74) is 1.07. The maximum absolute atomic E-state index is 12.6. The highest BCUT2D eigenvalue weighted by molar-refractivity contribution is 5.99. The van der Waals surface area contributed by atoms with Gasteiger partial charge in [-0.15, -0.1) is 0 Å². The predicted octanol–water partition coefficient (Wildman–Crippen LogP) is 2.02. The van der Waals surface area contributed by atoms with Crippen LogP contribution in [0.3, 0.4) is 0 Å². The normalized spacial score (nSPS) is 13.5. The van der Waals surface area contributed by atoms with E-state index in [4.69, 9.17) is 0 Å². The SMILES string of the molecule is CCN(CC(=O)NC(C)C)C(=O)c1cccc(NC(=O)C2CC2)c1. The Morgan fingerprint density at radius 2 is 1.96 bits per heavy atom. The molecule has 0 spiro atoms. The first-order chi connectivity index (χ1) is 11.4. The average molecular weight is 331 g/mol. The van der Waals surface area contributed by atoms with Crippen molar-refractivity contribution in [2.24, 2.45) is 5.92 Å². The Kier molecular flexibility index (Phi) is 5.95. The Bertz CT molecular complexity index is 624. The van der Waals surface area contributed by atoms with Crippen LogP contribution in [0.15, 0.2) is 24.3 Å². The van der Waals surface area contributed by atoms with Crippen LogP contribution in [0.5, 0.6) is 0 Å². The zero-order valence-electron chi connectivity index (χ0n) is 14.5. The summed E-state index contributed by atoms with van der Waals surface area (Å²) in [6, 6.07) is 6.88. The lowest BCUT2D eigenvalue weighted by atomic mass is 10.1. The predicted molar refractivity (Wildman–Crippen MR) is 92.7 cm³/mol. The molecule has 130 valence electrons. The molecule has 0 saturated heterocycles. The van der Waals surface area contributed by atoms with Crippen LogP contribution in [0.25, 0.3) is 0 Å². The van der Waals surface area contributed by atoms with E-state index in [2.05, 4.69) is 10.6 Å². The van der Waals surface area contributed by atoms with E-state index < -0.39 is 0 Å². The van der Waals surface area contributed by atoms with Crippen molar-refractivity contribution in [3.05, 3.63) is 29.8 Å². The summed E-state index contributed by atoms with van der Waals surface area (Å²) in [6.45, 7) is 6.04. The van der Waals surface area contributed by atoms with Crippen molar-refractivity contribution in [3.8, 4) is 0 Å². The molecule has 1 aliphatic rings. The molecule has 2 N–H and O–H groups in total. The molecule has 6 heteroatoms. The maximum Gasteiger partial charge on any atom is 0.254 e. The van der Waals surface area contributed by atoms with Gasteiger partial charge in [-0.3, -0.25) is 14.4 Å². The Labute approximate surface area is 142 Å². The van der Waals surface area contributed by atoms with Crippen LogP contribution in [-0.2, 0) is 9.59 Å². The van der Waals surface area contributed by atoms with Crippen LogP contribution < -0.4 is 10.6 Å². The van der Waals surface area contributed by atoms with E-state index in [1.54, 1.807) is 24.3 Å². The van der Waals surface area contributed by atoms with Gasteiger partial charge in [0.05, 0.1) is 6.54 Å². The summed E-state index contributed by atoms with van der Waals surface area (Å²) in [5, 5.41) is 5.61. The van der Waals surface area contributed by atoms with Gasteiger partial charge in [0.2, 0.25) is 11.8 Å². The van der Waals surface area contributed by atoms with Crippen LogP contribution in [0.4, 0.5) is 5.69 Å². The van der Waals surface area contributed by atoms with Crippen LogP contribution in [0.2, 0.25) is 0 Å². The number of carbonyl (C=O) groups is 3. The Morgan fingerprint density at radius 3 is 2.54 bits per heavy atom. The third kappa shape index (κ3) is 5.08. The zero-order valence-corrected chi connectivity index (χ0v) is 14.5. The van der Waals surface area contributed by atoms with E-state index in [0.29, 0.717) is 17.8 Å². The number of nitrogens with one attached hydrogen (secondary N) is 2. The van der Waals surface area contributed by atoms with Crippen molar-refractivity contribution in [2.45, 2.75) is 39.7 Å². The summed E-state index contributed by atoms with van der Waals surface area (Å²) in [5.74, 6) is -0.295. The minimum Gasteiger partial charge on any atom is -0.352 e. The molecule has 1 saturated carbocycles. The van der Waals surface area contributed by atoms with Crippen LogP contribution in [0.1, 0.15) is 44.0 Å². The number of nitrogens with zero attached hydrogens (tertiary/aromatic N) is 1. The Balaban J connectivity index is 2.03. The van der Waals surface area contributed by atoms with Gasteiger partial charge < -0.3 is 15.5 Å². The first-order valence-corrected chi connectivity index (χ1v) is 8.40. The van der Waals surface area contributed by atoms with Gasteiger partial charge in [0.25, 0.3) is 5.91 Å².